The summed E-state index contributed by atoms with van der Waals surface area (Å²) in [6, 6.07) is 5.83. The number of benzene rings is 1. The SMILES string of the molecule is CCCN1CCCC(Nc2ccc(C)c([N+](=O)[O-])c2)CC1. The third kappa shape index (κ3) is 4.43. The van der Waals surface area contributed by atoms with Crippen molar-refractivity contribution in [3.05, 3.63) is 33.9 Å². The van der Waals surface area contributed by atoms with Gasteiger partial charge in [-0.3, -0.25) is 10.1 Å². The molecule has 1 aliphatic heterocycles. The number of hydrogen-bond donors (Lipinski definition) is 1. The van der Waals surface area contributed by atoms with Crippen LogP contribution in [-0.2, 0) is 0 Å². The van der Waals surface area contributed by atoms with Crippen LogP contribution in [0.1, 0.15) is 38.2 Å². The summed E-state index contributed by atoms with van der Waals surface area (Å²) < 4.78 is 0. The van der Waals surface area contributed by atoms with Crippen molar-refractivity contribution in [2.45, 2.75) is 45.6 Å². The molecule has 21 heavy (non-hydrogen) atoms. The molecule has 0 bridgehead atoms. The van der Waals surface area contributed by atoms with Gasteiger partial charge in [0.15, 0.2) is 0 Å². The predicted octanol–water partition coefficient (Wildman–Crippen LogP) is 3.58. The second-order valence-corrected chi connectivity index (χ2v) is 5.87. The van der Waals surface area contributed by atoms with Gasteiger partial charge >= 0.3 is 0 Å². The van der Waals surface area contributed by atoms with Gasteiger partial charge in [0.05, 0.1) is 4.92 Å². The zero-order valence-electron chi connectivity index (χ0n) is 13.0. The first-order valence-corrected chi connectivity index (χ1v) is 7.84. The van der Waals surface area contributed by atoms with Crippen molar-refractivity contribution in [2.75, 3.05) is 25.0 Å². The van der Waals surface area contributed by atoms with E-state index in [2.05, 4.69) is 17.1 Å². The minimum atomic E-state index is -0.309. The number of nitro benzene ring substituents is 1. The van der Waals surface area contributed by atoms with E-state index in [1.807, 2.05) is 12.1 Å². The largest absolute Gasteiger partial charge is 0.382 e. The molecule has 0 saturated carbocycles. The molecule has 0 aliphatic carbocycles. The standard InChI is InChI=1S/C16H25N3O2/c1-3-9-18-10-4-5-14(8-11-18)17-15-7-6-13(2)16(12-15)19(20)21/h6-7,12,14,17H,3-5,8-11H2,1-2H3. The second-order valence-electron chi connectivity index (χ2n) is 5.87. The molecule has 5 heteroatoms. The van der Waals surface area contributed by atoms with E-state index in [0.717, 1.165) is 25.1 Å². The maximum absolute atomic E-state index is 11.0. The van der Waals surface area contributed by atoms with E-state index in [1.54, 1.807) is 13.0 Å². The highest BCUT2D eigenvalue weighted by molar-refractivity contribution is 5.55. The predicted molar refractivity (Wildman–Crippen MR) is 85.8 cm³/mol. The minimum absolute atomic E-state index is 0.196. The lowest BCUT2D eigenvalue weighted by Crippen LogP contribution is -2.27. The molecule has 2 rings (SSSR count). The fourth-order valence-electron chi connectivity index (χ4n) is 2.97. The van der Waals surface area contributed by atoms with Gasteiger partial charge in [-0.15, -0.1) is 0 Å². The van der Waals surface area contributed by atoms with Crippen molar-refractivity contribution in [3.63, 3.8) is 0 Å². The Bertz CT molecular complexity index is 490. The Balaban J connectivity index is 1.98. The van der Waals surface area contributed by atoms with Crippen LogP contribution in [0.3, 0.4) is 0 Å². The molecule has 0 amide bonds. The molecule has 1 heterocycles. The third-order valence-electron chi connectivity index (χ3n) is 4.14. The Kier molecular flexibility index (Phi) is 5.56. The highest BCUT2D eigenvalue weighted by Gasteiger charge is 2.17. The molecule has 1 saturated heterocycles. The van der Waals surface area contributed by atoms with Gasteiger partial charge < -0.3 is 10.2 Å². The van der Waals surface area contributed by atoms with E-state index < -0.39 is 0 Å². The number of nitrogens with one attached hydrogen (secondary N) is 1. The number of likely N-dealkylation sites (tertiary alicyclic amines) is 1. The zero-order valence-corrected chi connectivity index (χ0v) is 13.0. The number of aryl methyl sites for hydroxylation is 1. The van der Waals surface area contributed by atoms with E-state index in [4.69, 9.17) is 0 Å². The van der Waals surface area contributed by atoms with Crippen molar-refractivity contribution in [1.82, 2.24) is 4.90 Å². The summed E-state index contributed by atoms with van der Waals surface area (Å²) >= 11 is 0. The first kappa shape index (κ1) is 15.8. The number of rotatable bonds is 5. The van der Waals surface area contributed by atoms with Crippen molar-refractivity contribution < 1.29 is 4.92 Å². The summed E-state index contributed by atoms with van der Waals surface area (Å²) in [5, 5.41) is 14.5. The molecule has 0 aromatic heterocycles. The van der Waals surface area contributed by atoms with Crippen molar-refractivity contribution in [3.8, 4) is 0 Å². The van der Waals surface area contributed by atoms with Gasteiger partial charge in [-0.2, -0.15) is 0 Å². The van der Waals surface area contributed by atoms with Gasteiger partial charge in [-0.05, 0) is 51.8 Å². The lowest BCUT2D eigenvalue weighted by Gasteiger charge is -2.20. The summed E-state index contributed by atoms with van der Waals surface area (Å²) in [5.41, 5.74) is 1.77. The summed E-state index contributed by atoms with van der Waals surface area (Å²) in [4.78, 5) is 13.2. The number of anilines is 1. The Hall–Kier alpha value is -1.62. The summed E-state index contributed by atoms with van der Waals surface area (Å²) in [6.45, 7) is 7.44. The Labute approximate surface area is 126 Å². The molecule has 1 unspecified atom stereocenters. The van der Waals surface area contributed by atoms with Gasteiger partial charge in [-0.25, -0.2) is 0 Å². The van der Waals surface area contributed by atoms with Crippen LogP contribution in [0, 0.1) is 17.0 Å². The van der Waals surface area contributed by atoms with Crippen molar-refractivity contribution in [2.24, 2.45) is 0 Å². The first-order valence-electron chi connectivity index (χ1n) is 7.84. The van der Waals surface area contributed by atoms with E-state index in [0.29, 0.717) is 11.6 Å². The lowest BCUT2D eigenvalue weighted by atomic mass is 10.1. The normalized spacial score (nSPS) is 20.0. The third-order valence-corrected chi connectivity index (χ3v) is 4.14. The van der Waals surface area contributed by atoms with E-state index in [9.17, 15) is 10.1 Å². The van der Waals surface area contributed by atoms with Crippen molar-refractivity contribution in [1.29, 1.82) is 0 Å². The average molecular weight is 291 g/mol. The molecule has 0 radical (unpaired) electrons. The molecule has 1 fully saturated rings. The van der Waals surface area contributed by atoms with E-state index in [1.165, 1.54) is 25.9 Å². The van der Waals surface area contributed by atoms with Crippen LogP contribution in [0.2, 0.25) is 0 Å². The van der Waals surface area contributed by atoms with Gasteiger partial charge in [0.1, 0.15) is 0 Å². The molecule has 0 spiro atoms. The van der Waals surface area contributed by atoms with Crippen LogP contribution in [0.15, 0.2) is 18.2 Å². The second kappa shape index (κ2) is 7.41. The van der Waals surface area contributed by atoms with Crippen LogP contribution in [0.4, 0.5) is 11.4 Å². The van der Waals surface area contributed by atoms with Crippen LogP contribution in [-0.4, -0.2) is 35.5 Å². The van der Waals surface area contributed by atoms with Crippen LogP contribution >= 0.6 is 0 Å². The minimum Gasteiger partial charge on any atom is -0.382 e. The maximum atomic E-state index is 11.0. The van der Waals surface area contributed by atoms with Crippen LogP contribution in [0.25, 0.3) is 0 Å². The summed E-state index contributed by atoms with van der Waals surface area (Å²) in [5.74, 6) is 0. The molecule has 116 valence electrons. The Morgan fingerprint density at radius 3 is 2.90 bits per heavy atom. The van der Waals surface area contributed by atoms with E-state index >= 15 is 0 Å². The molecular weight excluding hydrogens is 266 g/mol. The van der Waals surface area contributed by atoms with E-state index in [-0.39, 0.29) is 10.6 Å². The van der Waals surface area contributed by atoms with Crippen molar-refractivity contribution >= 4 is 11.4 Å². The van der Waals surface area contributed by atoms with Gasteiger partial charge in [-0.1, -0.05) is 13.0 Å². The molecule has 1 atom stereocenters. The van der Waals surface area contributed by atoms with Gasteiger partial charge in [0, 0.05) is 29.9 Å². The quantitative estimate of drug-likeness (QED) is 0.665. The van der Waals surface area contributed by atoms with Gasteiger partial charge in [0.2, 0.25) is 0 Å². The molecule has 1 aliphatic rings. The van der Waals surface area contributed by atoms with Crippen LogP contribution in [0.5, 0.6) is 0 Å². The summed E-state index contributed by atoms with van der Waals surface area (Å²) in [7, 11) is 0. The Morgan fingerprint density at radius 2 is 2.19 bits per heavy atom. The topological polar surface area (TPSA) is 58.4 Å². The number of hydrogen-bond acceptors (Lipinski definition) is 4. The fourth-order valence-corrected chi connectivity index (χ4v) is 2.97. The average Bonchev–Trinajstić information content (AvgIpc) is 2.67. The Morgan fingerprint density at radius 1 is 1.38 bits per heavy atom. The monoisotopic (exact) mass is 291 g/mol. The van der Waals surface area contributed by atoms with Crippen LogP contribution < -0.4 is 5.32 Å². The molecular formula is C16H25N3O2. The maximum Gasteiger partial charge on any atom is 0.274 e. The summed E-state index contributed by atoms with van der Waals surface area (Å²) in [6.07, 6.45) is 4.61. The smallest absolute Gasteiger partial charge is 0.274 e. The lowest BCUT2D eigenvalue weighted by molar-refractivity contribution is -0.385. The molecule has 1 aromatic carbocycles. The number of nitrogens with zero attached hydrogens (tertiary/aromatic N) is 2. The fraction of sp³-hybridized carbons (Fsp3) is 0.625. The van der Waals surface area contributed by atoms with Gasteiger partial charge in [0.25, 0.3) is 5.69 Å². The number of nitro groups is 1. The highest BCUT2D eigenvalue weighted by atomic mass is 16.6. The highest BCUT2D eigenvalue weighted by Crippen LogP contribution is 2.24. The molecule has 5 nitrogen and oxygen atoms in total. The first-order chi connectivity index (χ1) is 10.1. The zero-order chi connectivity index (χ0) is 15.2. The molecule has 1 aromatic rings. The molecule has 1 N–H and O–H groups in total.